The quantitative estimate of drug-likeness (QED) is 0.666. The minimum Gasteiger partial charge on any atom is -0.353 e. The summed E-state index contributed by atoms with van der Waals surface area (Å²) in [5, 5.41) is 4.04. The molecule has 0 bridgehead atoms. The molecule has 0 saturated carbocycles. The maximum Gasteiger partial charge on any atom is 0.416 e. The monoisotopic (exact) mass is 403 g/mol. The summed E-state index contributed by atoms with van der Waals surface area (Å²) in [4.78, 5) is 28.6. The van der Waals surface area contributed by atoms with E-state index in [-0.39, 0.29) is 11.5 Å². The van der Waals surface area contributed by atoms with Crippen LogP contribution >= 0.6 is 0 Å². The molecule has 1 saturated heterocycles. The van der Waals surface area contributed by atoms with Crippen molar-refractivity contribution < 1.29 is 18.0 Å². The van der Waals surface area contributed by atoms with Crippen LogP contribution in [0, 0.1) is 0 Å². The van der Waals surface area contributed by atoms with Crippen molar-refractivity contribution in [2.45, 2.75) is 6.18 Å². The predicted molar refractivity (Wildman–Crippen MR) is 96.5 cm³/mol. The largest absolute Gasteiger partial charge is 0.416 e. The number of halogens is 3. The van der Waals surface area contributed by atoms with Gasteiger partial charge in [-0.25, -0.2) is 19.6 Å². The first kappa shape index (κ1) is 18.8. The van der Waals surface area contributed by atoms with Crippen molar-refractivity contribution in [2.24, 2.45) is 0 Å². The third-order valence-corrected chi connectivity index (χ3v) is 4.64. The van der Waals surface area contributed by atoms with E-state index in [1.807, 2.05) is 4.90 Å². The number of aromatic nitrogens is 5. The molecule has 8 nitrogen and oxygen atoms in total. The van der Waals surface area contributed by atoms with Gasteiger partial charge in [0.05, 0.1) is 5.56 Å². The molecule has 29 heavy (non-hydrogen) atoms. The van der Waals surface area contributed by atoms with Crippen molar-refractivity contribution in [1.82, 2.24) is 29.6 Å². The summed E-state index contributed by atoms with van der Waals surface area (Å²) in [6.07, 6.45) is -0.0396. The highest BCUT2D eigenvalue weighted by atomic mass is 19.4. The van der Waals surface area contributed by atoms with Crippen molar-refractivity contribution in [3.8, 4) is 5.82 Å². The van der Waals surface area contributed by atoms with E-state index in [4.69, 9.17) is 0 Å². The standard InChI is InChI=1S/C18H16F3N7O/c19-18(20,21)14-3-1-13(2-4-14)17(29)27-7-5-26(6-8-27)15-9-16(24-11-23-15)28-12-22-10-25-28/h1-4,9-12H,5-8H2. The van der Waals surface area contributed by atoms with E-state index in [9.17, 15) is 18.0 Å². The molecule has 11 heteroatoms. The minimum absolute atomic E-state index is 0.238. The fourth-order valence-electron chi connectivity index (χ4n) is 3.08. The summed E-state index contributed by atoms with van der Waals surface area (Å²) < 4.78 is 39.6. The molecule has 3 aromatic rings. The average molecular weight is 403 g/mol. The first-order valence-corrected chi connectivity index (χ1v) is 8.80. The first-order chi connectivity index (χ1) is 13.9. The lowest BCUT2D eigenvalue weighted by Crippen LogP contribution is -2.49. The van der Waals surface area contributed by atoms with E-state index < -0.39 is 11.7 Å². The molecule has 0 aliphatic carbocycles. The molecule has 1 aromatic carbocycles. The minimum atomic E-state index is -4.42. The Kier molecular flexibility index (Phi) is 4.87. The molecule has 1 fully saturated rings. The van der Waals surface area contributed by atoms with Gasteiger partial charge in [0.25, 0.3) is 5.91 Å². The average Bonchev–Trinajstić information content (AvgIpc) is 3.28. The van der Waals surface area contributed by atoms with Crippen LogP contribution in [0.15, 0.2) is 49.3 Å². The molecule has 150 valence electrons. The summed E-state index contributed by atoms with van der Waals surface area (Å²) in [6, 6.07) is 6.06. The molecule has 1 aliphatic heterocycles. The number of hydrogen-bond acceptors (Lipinski definition) is 6. The second kappa shape index (κ2) is 7.49. The Hall–Kier alpha value is -3.50. The highest BCUT2D eigenvalue weighted by Gasteiger charge is 2.30. The molecule has 0 unspecified atom stereocenters. The Morgan fingerprint density at radius 2 is 1.62 bits per heavy atom. The second-order valence-corrected chi connectivity index (χ2v) is 6.43. The molecule has 0 radical (unpaired) electrons. The Morgan fingerprint density at radius 1 is 0.931 bits per heavy atom. The summed E-state index contributed by atoms with van der Waals surface area (Å²) >= 11 is 0. The van der Waals surface area contributed by atoms with E-state index in [1.54, 1.807) is 11.0 Å². The van der Waals surface area contributed by atoms with E-state index in [0.717, 1.165) is 12.1 Å². The number of hydrogen-bond donors (Lipinski definition) is 0. The lowest BCUT2D eigenvalue weighted by molar-refractivity contribution is -0.137. The van der Waals surface area contributed by atoms with Crippen LogP contribution in [0.2, 0.25) is 0 Å². The van der Waals surface area contributed by atoms with Gasteiger partial charge in [-0.15, -0.1) is 0 Å². The van der Waals surface area contributed by atoms with Crippen molar-refractivity contribution in [3.63, 3.8) is 0 Å². The van der Waals surface area contributed by atoms with Gasteiger partial charge >= 0.3 is 6.18 Å². The van der Waals surface area contributed by atoms with Crippen molar-refractivity contribution in [2.75, 3.05) is 31.1 Å². The van der Waals surface area contributed by atoms with Crippen molar-refractivity contribution in [1.29, 1.82) is 0 Å². The fraction of sp³-hybridized carbons (Fsp3) is 0.278. The zero-order chi connectivity index (χ0) is 20.4. The summed E-state index contributed by atoms with van der Waals surface area (Å²) in [7, 11) is 0. The lowest BCUT2D eigenvalue weighted by atomic mass is 10.1. The maximum absolute atomic E-state index is 12.7. The van der Waals surface area contributed by atoms with Crippen LogP contribution in [-0.4, -0.2) is 61.7 Å². The van der Waals surface area contributed by atoms with Gasteiger partial charge in [0.15, 0.2) is 5.82 Å². The van der Waals surface area contributed by atoms with E-state index in [2.05, 4.69) is 20.1 Å². The van der Waals surface area contributed by atoms with Gasteiger partial charge in [-0.05, 0) is 24.3 Å². The van der Waals surface area contributed by atoms with Crippen LogP contribution in [-0.2, 0) is 6.18 Å². The van der Waals surface area contributed by atoms with Crippen LogP contribution in [0.1, 0.15) is 15.9 Å². The summed E-state index contributed by atoms with van der Waals surface area (Å²) in [5.41, 5.74) is -0.534. The number of carbonyl (C=O) groups is 1. The van der Waals surface area contributed by atoms with Gasteiger partial charge in [-0.3, -0.25) is 4.79 Å². The van der Waals surface area contributed by atoms with Crippen LogP contribution in [0.5, 0.6) is 0 Å². The SMILES string of the molecule is O=C(c1ccc(C(F)(F)F)cc1)N1CCN(c2cc(-n3cncn3)ncn2)CC1. The van der Waals surface area contributed by atoms with Crippen LogP contribution in [0.4, 0.5) is 19.0 Å². The number of carbonyl (C=O) groups excluding carboxylic acids is 1. The summed E-state index contributed by atoms with van der Waals surface area (Å²) in [6.45, 7) is 1.95. The Morgan fingerprint density at radius 3 is 2.24 bits per heavy atom. The number of piperazine rings is 1. The number of rotatable bonds is 3. The molecule has 3 heterocycles. The van der Waals surface area contributed by atoms with Crippen LogP contribution < -0.4 is 4.90 Å². The Labute approximate surface area is 163 Å². The third-order valence-electron chi connectivity index (χ3n) is 4.64. The van der Waals surface area contributed by atoms with E-state index in [1.165, 1.54) is 35.8 Å². The smallest absolute Gasteiger partial charge is 0.353 e. The predicted octanol–water partition coefficient (Wildman–Crippen LogP) is 2.04. The number of nitrogens with zero attached hydrogens (tertiary/aromatic N) is 7. The van der Waals surface area contributed by atoms with Gasteiger partial charge in [0.1, 0.15) is 24.8 Å². The van der Waals surface area contributed by atoms with Gasteiger partial charge in [-0.2, -0.15) is 18.3 Å². The van der Waals surface area contributed by atoms with Crippen molar-refractivity contribution >= 4 is 11.7 Å². The number of benzene rings is 1. The zero-order valence-electron chi connectivity index (χ0n) is 15.1. The molecular weight excluding hydrogens is 387 g/mol. The van der Waals surface area contributed by atoms with Crippen LogP contribution in [0.3, 0.4) is 0 Å². The lowest BCUT2D eigenvalue weighted by Gasteiger charge is -2.35. The highest BCUT2D eigenvalue weighted by molar-refractivity contribution is 5.94. The Bertz CT molecular complexity index is 981. The van der Waals surface area contributed by atoms with Gasteiger partial charge in [0.2, 0.25) is 0 Å². The molecule has 0 N–H and O–H groups in total. The first-order valence-electron chi connectivity index (χ1n) is 8.80. The summed E-state index contributed by atoms with van der Waals surface area (Å²) in [5.74, 6) is 0.993. The van der Waals surface area contributed by atoms with Crippen molar-refractivity contribution in [3.05, 3.63) is 60.4 Å². The molecule has 0 spiro atoms. The second-order valence-electron chi connectivity index (χ2n) is 6.43. The molecule has 1 amide bonds. The number of anilines is 1. The topological polar surface area (TPSA) is 80.0 Å². The van der Waals surface area contributed by atoms with Gasteiger partial charge in [-0.1, -0.05) is 0 Å². The third kappa shape index (κ3) is 4.03. The molecular formula is C18H16F3N7O. The Balaban J connectivity index is 1.40. The molecule has 4 rings (SSSR count). The van der Waals surface area contributed by atoms with Gasteiger partial charge in [0, 0.05) is 37.8 Å². The number of alkyl halides is 3. The molecule has 1 aliphatic rings. The molecule has 0 atom stereocenters. The molecule has 2 aromatic heterocycles. The van der Waals surface area contributed by atoms with Gasteiger partial charge < -0.3 is 9.80 Å². The van der Waals surface area contributed by atoms with E-state index >= 15 is 0 Å². The zero-order valence-corrected chi connectivity index (χ0v) is 15.1. The van der Waals surface area contributed by atoms with Crippen LogP contribution in [0.25, 0.3) is 5.82 Å². The normalized spacial score (nSPS) is 14.9. The fourth-order valence-corrected chi connectivity index (χ4v) is 3.08. The van der Waals surface area contributed by atoms with E-state index in [0.29, 0.717) is 37.8 Å². The maximum atomic E-state index is 12.7. The highest BCUT2D eigenvalue weighted by Crippen LogP contribution is 2.29. The number of amides is 1.